The quantitative estimate of drug-likeness (QED) is 0.414. The molecular formula is C11H18F4N4O. The van der Waals surface area contributed by atoms with Crippen LogP contribution in [-0.4, -0.2) is 35.3 Å². The monoisotopic (exact) mass is 298 g/mol. The maximum atomic E-state index is 12.7. The molecule has 20 heavy (non-hydrogen) atoms. The summed E-state index contributed by atoms with van der Waals surface area (Å²) in [4.78, 5) is 0. The summed E-state index contributed by atoms with van der Waals surface area (Å²) in [5, 5.41) is 4.06. The minimum absolute atomic E-state index is 0.256. The summed E-state index contributed by atoms with van der Waals surface area (Å²) >= 11 is 0. The van der Waals surface area contributed by atoms with E-state index in [-0.39, 0.29) is 6.61 Å². The van der Waals surface area contributed by atoms with Gasteiger partial charge in [0.25, 0.3) is 0 Å². The first kappa shape index (κ1) is 16.9. The molecule has 0 saturated carbocycles. The number of alkyl halides is 4. The zero-order valence-electron chi connectivity index (χ0n) is 11.0. The molecule has 0 bridgehead atoms. The molecular weight excluding hydrogens is 280 g/mol. The fourth-order valence-corrected chi connectivity index (χ4v) is 1.63. The minimum atomic E-state index is -4.16. The molecule has 0 amide bonds. The molecule has 0 radical (unpaired) electrons. The molecule has 0 saturated heterocycles. The van der Waals surface area contributed by atoms with Gasteiger partial charge < -0.3 is 4.74 Å². The molecule has 116 valence electrons. The van der Waals surface area contributed by atoms with E-state index >= 15 is 0 Å². The Balaban J connectivity index is 2.57. The molecule has 1 unspecified atom stereocenters. The number of nitrogens with two attached hydrogens (primary N) is 1. The first-order valence-electron chi connectivity index (χ1n) is 6.14. The van der Waals surface area contributed by atoms with Crippen LogP contribution in [0.5, 0.6) is 0 Å². The third kappa shape index (κ3) is 4.43. The van der Waals surface area contributed by atoms with E-state index in [9.17, 15) is 17.6 Å². The molecule has 1 heterocycles. The van der Waals surface area contributed by atoms with E-state index in [4.69, 9.17) is 5.84 Å². The predicted molar refractivity (Wildman–Crippen MR) is 64.4 cm³/mol. The first-order chi connectivity index (χ1) is 9.42. The SMILES string of the molecule is CCCn1nccc1C(COCC(F)(F)C(F)F)NN. The van der Waals surface area contributed by atoms with Crippen LogP contribution in [0.3, 0.4) is 0 Å². The number of hydrogen-bond acceptors (Lipinski definition) is 4. The Morgan fingerprint density at radius 1 is 1.50 bits per heavy atom. The van der Waals surface area contributed by atoms with Crippen LogP contribution >= 0.6 is 0 Å². The van der Waals surface area contributed by atoms with Gasteiger partial charge in [0, 0.05) is 12.7 Å². The molecule has 0 spiro atoms. The van der Waals surface area contributed by atoms with Gasteiger partial charge in [-0.15, -0.1) is 0 Å². The Hall–Kier alpha value is -1.19. The van der Waals surface area contributed by atoms with E-state index in [1.54, 1.807) is 16.9 Å². The smallest absolute Gasteiger partial charge is 0.330 e. The van der Waals surface area contributed by atoms with Gasteiger partial charge in [0.2, 0.25) is 0 Å². The second-order valence-electron chi connectivity index (χ2n) is 4.28. The van der Waals surface area contributed by atoms with Crippen molar-refractivity contribution < 1.29 is 22.3 Å². The third-order valence-corrected chi connectivity index (χ3v) is 2.64. The van der Waals surface area contributed by atoms with E-state index < -0.39 is 25.0 Å². The molecule has 0 aliphatic carbocycles. The van der Waals surface area contributed by atoms with Crippen molar-refractivity contribution in [3.05, 3.63) is 18.0 Å². The van der Waals surface area contributed by atoms with Crippen LogP contribution < -0.4 is 11.3 Å². The summed E-state index contributed by atoms with van der Waals surface area (Å²) < 4.78 is 55.7. The van der Waals surface area contributed by atoms with Crippen LogP contribution in [-0.2, 0) is 11.3 Å². The Kier molecular flexibility index (Phi) is 6.37. The average molecular weight is 298 g/mol. The summed E-state index contributed by atoms with van der Waals surface area (Å²) in [6.07, 6.45) is -1.38. The Morgan fingerprint density at radius 2 is 2.20 bits per heavy atom. The predicted octanol–water partition coefficient (Wildman–Crippen LogP) is 1.71. The summed E-state index contributed by atoms with van der Waals surface area (Å²) in [5.41, 5.74) is 3.05. The van der Waals surface area contributed by atoms with Crippen molar-refractivity contribution in [2.24, 2.45) is 5.84 Å². The van der Waals surface area contributed by atoms with Crippen LogP contribution in [0.4, 0.5) is 17.6 Å². The highest BCUT2D eigenvalue weighted by Crippen LogP contribution is 2.23. The largest absolute Gasteiger partial charge is 0.373 e. The zero-order chi connectivity index (χ0) is 15.2. The van der Waals surface area contributed by atoms with Gasteiger partial charge in [-0.3, -0.25) is 10.5 Å². The number of rotatable bonds is 9. The summed E-state index contributed by atoms with van der Waals surface area (Å²) in [5.74, 6) is 1.17. The van der Waals surface area contributed by atoms with Crippen molar-refractivity contribution in [1.82, 2.24) is 15.2 Å². The maximum absolute atomic E-state index is 12.7. The van der Waals surface area contributed by atoms with E-state index in [2.05, 4.69) is 15.3 Å². The van der Waals surface area contributed by atoms with E-state index in [1.165, 1.54) is 0 Å². The van der Waals surface area contributed by atoms with Gasteiger partial charge in [0.15, 0.2) is 0 Å². The topological polar surface area (TPSA) is 65.1 Å². The van der Waals surface area contributed by atoms with Crippen LogP contribution in [0.15, 0.2) is 12.3 Å². The van der Waals surface area contributed by atoms with Gasteiger partial charge in [0.1, 0.15) is 6.61 Å². The van der Waals surface area contributed by atoms with Gasteiger partial charge in [-0.1, -0.05) is 6.92 Å². The van der Waals surface area contributed by atoms with E-state index in [0.29, 0.717) is 12.2 Å². The zero-order valence-corrected chi connectivity index (χ0v) is 11.0. The van der Waals surface area contributed by atoms with Crippen molar-refractivity contribution >= 4 is 0 Å². The molecule has 5 nitrogen and oxygen atoms in total. The Bertz CT molecular complexity index is 400. The lowest BCUT2D eigenvalue weighted by Crippen LogP contribution is -2.37. The molecule has 1 rings (SSSR count). The van der Waals surface area contributed by atoms with E-state index in [1.807, 2.05) is 6.92 Å². The average Bonchev–Trinajstić information content (AvgIpc) is 2.83. The summed E-state index contributed by atoms with van der Waals surface area (Å²) in [6, 6.07) is 1.06. The molecule has 9 heteroatoms. The van der Waals surface area contributed by atoms with Gasteiger partial charge in [-0.05, 0) is 12.5 Å². The highest BCUT2D eigenvalue weighted by Gasteiger charge is 2.41. The lowest BCUT2D eigenvalue weighted by Gasteiger charge is -2.20. The van der Waals surface area contributed by atoms with Gasteiger partial charge in [-0.2, -0.15) is 13.9 Å². The van der Waals surface area contributed by atoms with Crippen molar-refractivity contribution in [1.29, 1.82) is 0 Å². The molecule has 0 aromatic carbocycles. The molecule has 0 aliphatic rings. The lowest BCUT2D eigenvalue weighted by molar-refractivity contribution is -0.167. The van der Waals surface area contributed by atoms with Gasteiger partial charge in [-0.25, -0.2) is 14.2 Å². The number of aromatic nitrogens is 2. The fourth-order valence-electron chi connectivity index (χ4n) is 1.63. The molecule has 0 fully saturated rings. The van der Waals surface area contributed by atoms with Crippen molar-refractivity contribution in [3.8, 4) is 0 Å². The maximum Gasteiger partial charge on any atom is 0.330 e. The van der Waals surface area contributed by atoms with E-state index in [0.717, 1.165) is 6.42 Å². The Labute approximate surface area is 114 Å². The fraction of sp³-hybridized carbons (Fsp3) is 0.727. The van der Waals surface area contributed by atoms with Gasteiger partial charge >= 0.3 is 12.3 Å². The van der Waals surface area contributed by atoms with Crippen molar-refractivity contribution in [2.45, 2.75) is 38.3 Å². The number of ether oxygens (including phenoxy) is 1. The van der Waals surface area contributed by atoms with Gasteiger partial charge in [0.05, 0.1) is 18.3 Å². The van der Waals surface area contributed by atoms with Crippen LogP contribution in [0.2, 0.25) is 0 Å². The van der Waals surface area contributed by atoms with Crippen LogP contribution in [0.1, 0.15) is 25.1 Å². The number of hydrogen-bond donors (Lipinski definition) is 2. The standard InChI is InChI=1S/C11H18F4N4O/c1-2-5-19-9(3-4-17-19)8(18-16)6-20-7-11(14,15)10(12)13/h3-4,8,10,18H,2,5-7,16H2,1H3. The molecule has 1 atom stereocenters. The number of halogens is 4. The van der Waals surface area contributed by atoms with Crippen LogP contribution in [0, 0.1) is 0 Å². The number of hydrazine groups is 1. The third-order valence-electron chi connectivity index (χ3n) is 2.64. The van der Waals surface area contributed by atoms with Crippen LogP contribution in [0.25, 0.3) is 0 Å². The summed E-state index contributed by atoms with van der Waals surface area (Å²) in [6.45, 7) is 0.975. The minimum Gasteiger partial charge on any atom is -0.373 e. The molecule has 1 aromatic heterocycles. The van der Waals surface area contributed by atoms with Crippen molar-refractivity contribution in [3.63, 3.8) is 0 Å². The highest BCUT2D eigenvalue weighted by atomic mass is 19.3. The first-order valence-corrected chi connectivity index (χ1v) is 6.14. The highest BCUT2D eigenvalue weighted by molar-refractivity contribution is 5.06. The number of nitrogens with zero attached hydrogens (tertiary/aromatic N) is 2. The Morgan fingerprint density at radius 3 is 2.75 bits per heavy atom. The summed E-state index contributed by atoms with van der Waals surface area (Å²) in [7, 11) is 0. The number of nitrogens with one attached hydrogen (secondary N) is 1. The normalized spacial score (nSPS) is 13.9. The second-order valence-corrected chi connectivity index (χ2v) is 4.28. The van der Waals surface area contributed by atoms with Crippen molar-refractivity contribution in [2.75, 3.05) is 13.2 Å². The number of aryl methyl sites for hydroxylation is 1. The molecule has 0 aliphatic heterocycles. The molecule has 1 aromatic rings. The molecule has 3 N–H and O–H groups in total. The lowest BCUT2D eigenvalue weighted by atomic mass is 10.2. The second kappa shape index (κ2) is 7.55.